The van der Waals surface area contributed by atoms with Crippen LogP contribution in [0.25, 0.3) is 0 Å². The second-order valence-corrected chi connectivity index (χ2v) is 13.3. The van der Waals surface area contributed by atoms with Crippen LogP contribution in [0.5, 0.6) is 0 Å². The summed E-state index contributed by atoms with van der Waals surface area (Å²) in [5, 5.41) is 12.7. The van der Waals surface area contributed by atoms with E-state index in [1.165, 1.54) is 0 Å². The molecule has 0 bridgehead atoms. The number of phosphoric acid groups is 1. The number of hydrogen-bond acceptors (Lipinski definition) is 5. The molecule has 2 unspecified atom stereocenters. The molecule has 134 valence electrons. The summed E-state index contributed by atoms with van der Waals surface area (Å²) >= 11 is 2.36. The van der Waals surface area contributed by atoms with Gasteiger partial charge in [0.05, 0.1) is 0 Å². The van der Waals surface area contributed by atoms with Gasteiger partial charge in [0, 0.05) is 0 Å². The van der Waals surface area contributed by atoms with Gasteiger partial charge < -0.3 is 0 Å². The number of alkyl halides is 1. The number of aliphatic hydroxyl groups excluding tert-OH is 1. The number of phosphoric ester groups is 1. The second-order valence-electron chi connectivity index (χ2n) is 6.42. The first-order chi connectivity index (χ1) is 9.81. The molecular weight excluding hydrogens is 539 g/mol. The van der Waals surface area contributed by atoms with E-state index >= 15 is 0 Å². The monoisotopic (exact) mass is 564 g/mol. The summed E-state index contributed by atoms with van der Waals surface area (Å²) in [5.74, 6) is -0.507. The van der Waals surface area contributed by atoms with E-state index in [-0.39, 0.29) is 23.8 Å². The molecule has 0 aliphatic carbocycles. The van der Waals surface area contributed by atoms with Crippen LogP contribution in [0.4, 0.5) is 0 Å². The van der Waals surface area contributed by atoms with Gasteiger partial charge in [0.2, 0.25) is 0 Å². The van der Waals surface area contributed by atoms with Gasteiger partial charge in [-0.25, -0.2) is 0 Å². The molecule has 3 N–H and O–H groups in total. The molecule has 0 radical (unpaired) electrons. The van der Waals surface area contributed by atoms with Gasteiger partial charge in [0.1, 0.15) is 0 Å². The average molecular weight is 564 g/mol. The van der Waals surface area contributed by atoms with E-state index in [2.05, 4.69) is 23.9 Å². The summed E-state index contributed by atoms with van der Waals surface area (Å²) in [6, 6.07) is 0. The fourth-order valence-corrected chi connectivity index (χ4v) is 4.44. The van der Waals surface area contributed by atoms with Gasteiger partial charge in [0.25, 0.3) is 0 Å². The molecule has 0 saturated carbocycles. The summed E-state index contributed by atoms with van der Waals surface area (Å²) in [7, 11) is -4.25. The van der Waals surface area contributed by atoms with Gasteiger partial charge >= 0.3 is 153 Å². The van der Waals surface area contributed by atoms with E-state index in [9.17, 15) is 19.4 Å². The van der Waals surface area contributed by atoms with Crippen molar-refractivity contribution in [3.8, 4) is 0 Å². The molecular formula is C12H25I2NO6P-. The molecule has 22 heavy (non-hydrogen) atoms. The summed E-state index contributed by atoms with van der Waals surface area (Å²) in [6.07, 6.45) is -1.34. The molecule has 0 saturated heterocycles. The first-order valence-corrected chi connectivity index (χ1v) is 16.0. The predicted molar refractivity (Wildman–Crippen MR) is 88.3 cm³/mol. The Morgan fingerprint density at radius 2 is 1.91 bits per heavy atom. The van der Waals surface area contributed by atoms with Gasteiger partial charge in [-0.15, -0.1) is 0 Å². The van der Waals surface area contributed by atoms with E-state index in [1.54, 1.807) is 34.6 Å². The van der Waals surface area contributed by atoms with E-state index < -0.39 is 30.8 Å². The molecule has 0 aliphatic heterocycles. The Morgan fingerprint density at radius 1 is 1.36 bits per heavy atom. The Hall–Kier alpha value is 1.00. The number of aliphatic hydroxyl groups is 1. The van der Waals surface area contributed by atoms with Crippen LogP contribution in [-0.4, -0.2) is 45.2 Å². The zero-order chi connectivity index (χ0) is 17.6. The van der Waals surface area contributed by atoms with Crippen LogP contribution < -0.4 is 22.5 Å². The van der Waals surface area contributed by atoms with Crippen LogP contribution in [0.15, 0.2) is 0 Å². The van der Waals surface area contributed by atoms with Crippen LogP contribution in [0, 0.1) is 5.41 Å². The van der Waals surface area contributed by atoms with E-state index in [0.29, 0.717) is 6.54 Å². The van der Waals surface area contributed by atoms with Crippen molar-refractivity contribution in [3.63, 3.8) is 0 Å². The SMILES string of the molecule is CC(C)(C)OP(=O)(O)OCC(C)(C)C(O)C(=O)NCC[I-]I. The van der Waals surface area contributed by atoms with Gasteiger partial charge in [0.15, 0.2) is 0 Å². The molecule has 0 rings (SSSR count). The van der Waals surface area contributed by atoms with Crippen molar-refractivity contribution >= 4 is 32.3 Å². The Morgan fingerprint density at radius 3 is 2.36 bits per heavy atom. The fraction of sp³-hybridized carbons (Fsp3) is 0.917. The van der Waals surface area contributed by atoms with Crippen molar-refractivity contribution in [2.24, 2.45) is 5.41 Å². The number of carbonyl (C=O) groups excluding carboxylic acids is 1. The molecule has 0 fully saturated rings. The summed E-state index contributed by atoms with van der Waals surface area (Å²) in [6.45, 7) is 8.28. The fourth-order valence-electron chi connectivity index (χ4n) is 1.36. The van der Waals surface area contributed by atoms with Crippen LogP contribution in [0.2, 0.25) is 0 Å². The Kier molecular flexibility index (Phi) is 9.91. The van der Waals surface area contributed by atoms with Gasteiger partial charge in [-0.1, -0.05) is 0 Å². The number of rotatable bonds is 9. The van der Waals surface area contributed by atoms with Gasteiger partial charge in [-0.2, -0.15) is 0 Å². The average Bonchev–Trinajstić information content (AvgIpc) is 2.33. The third-order valence-corrected chi connectivity index (χ3v) is 7.36. The topological polar surface area (TPSA) is 105 Å². The first kappa shape index (κ1) is 23.0. The summed E-state index contributed by atoms with van der Waals surface area (Å²) < 4.78 is 22.6. The van der Waals surface area contributed by atoms with Crippen molar-refractivity contribution < 1.29 is 45.6 Å². The molecule has 10 heteroatoms. The third-order valence-electron chi connectivity index (χ3n) is 2.44. The van der Waals surface area contributed by atoms with Crippen LogP contribution in [0.3, 0.4) is 0 Å². The quantitative estimate of drug-likeness (QED) is 0.142. The van der Waals surface area contributed by atoms with Crippen molar-refractivity contribution in [2.45, 2.75) is 46.3 Å². The molecule has 0 aliphatic rings. The normalized spacial score (nSPS) is 17.1. The minimum absolute atomic E-state index is 0.0526. The standard InChI is InChI=1S/C12H25I2NO6P/c1-11(2,3)21-22(18,19)20-8-12(4,5)9(16)10(17)15-7-6-14-13/h9,16H,6-8H2,1-5H3,(H,15,17)(H,18,19)/q-1. The minimum atomic E-state index is -4.25. The van der Waals surface area contributed by atoms with Crippen molar-refractivity contribution in [1.29, 1.82) is 0 Å². The van der Waals surface area contributed by atoms with Gasteiger partial charge in [-0.3, -0.25) is 0 Å². The molecule has 7 nitrogen and oxygen atoms in total. The zero-order valence-electron chi connectivity index (χ0n) is 13.4. The van der Waals surface area contributed by atoms with Crippen LogP contribution in [0.1, 0.15) is 34.6 Å². The molecule has 2 atom stereocenters. The number of nitrogens with one attached hydrogen (secondary N) is 1. The third kappa shape index (κ3) is 9.99. The van der Waals surface area contributed by atoms with E-state index in [4.69, 9.17) is 9.05 Å². The molecule has 0 aromatic heterocycles. The molecule has 0 spiro atoms. The van der Waals surface area contributed by atoms with Gasteiger partial charge in [-0.05, 0) is 0 Å². The predicted octanol–water partition coefficient (Wildman–Crippen LogP) is -1.14. The zero-order valence-corrected chi connectivity index (χ0v) is 18.6. The number of halogens is 2. The van der Waals surface area contributed by atoms with Crippen LogP contribution >= 0.6 is 26.4 Å². The molecule has 0 aromatic carbocycles. The maximum atomic E-state index is 11.8. The molecule has 1 amide bonds. The van der Waals surface area contributed by atoms with E-state index in [0.717, 1.165) is 4.43 Å². The number of hydrogen-bond donors (Lipinski definition) is 3. The van der Waals surface area contributed by atoms with Crippen LogP contribution in [-0.2, 0) is 18.4 Å². The van der Waals surface area contributed by atoms with Crippen molar-refractivity contribution in [2.75, 3.05) is 17.6 Å². The molecule has 0 aromatic rings. The first-order valence-electron chi connectivity index (χ1n) is 6.65. The van der Waals surface area contributed by atoms with E-state index in [1.807, 2.05) is 0 Å². The Labute approximate surface area is 152 Å². The molecule has 0 heterocycles. The number of amides is 1. The maximum absolute atomic E-state index is 11.8. The Balaban J connectivity index is 4.55. The number of carbonyl (C=O) groups is 1. The van der Waals surface area contributed by atoms with Crippen molar-refractivity contribution in [1.82, 2.24) is 5.32 Å². The summed E-state index contributed by atoms with van der Waals surface area (Å²) in [5.41, 5.74) is -1.87. The second kappa shape index (κ2) is 9.47. The van der Waals surface area contributed by atoms with Crippen molar-refractivity contribution in [3.05, 3.63) is 0 Å². The summed E-state index contributed by atoms with van der Waals surface area (Å²) in [4.78, 5) is 21.5. The Bertz CT molecular complexity index is 413.